The summed E-state index contributed by atoms with van der Waals surface area (Å²) in [6.45, 7) is 13.8. The second-order valence-corrected chi connectivity index (χ2v) is 20.0. The van der Waals surface area contributed by atoms with Gasteiger partial charge in [0.15, 0.2) is 5.79 Å². The summed E-state index contributed by atoms with van der Waals surface area (Å²) in [6.07, 6.45) is 9.21. The van der Waals surface area contributed by atoms with Gasteiger partial charge in [-0.15, -0.1) is 0 Å². The fourth-order valence-corrected chi connectivity index (χ4v) is 7.29. The smallest absolute Gasteiger partial charge is 0.168 e. The summed E-state index contributed by atoms with van der Waals surface area (Å²) in [5.74, 6) is 1.64. The SMILES string of the molecule is Cc1nc2ccc(Oc3ccc4ncc(-c5cnn(C6(C)CCC7(CC6)OCCO7)c5)nc4c3Cl)cc2n1COCC[Si](C)(C)C. The summed E-state index contributed by atoms with van der Waals surface area (Å²) in [5.41, 5.74) is 4.55. The highest BCUT2D eigenvalue weighted by Gasteiger charge is 2.45. The number of hydrogen-bond acceptors (Lipinski definition) is 8. The van der Waals surface area contributed by atoms with Crippen molar-refractivity contribution in [3.63, 3.8) is 0 Å². The third-order valence-electron chi connectivity index (χ3n) is 9.31. The predicted molar refractivity (Wildman–Crippen MR) is 181 cm³/mol. The molecule has 10 nitrogen and oxygen atoms in total. The number of fused-ring (bicyclic) bond motifs is 2. The van der Waals surface area contributed by atoms with Crippen LogP contribution in [0.5, 0.6) is 11.5 Å². The summed E-state index contributed by atoms with van der Waals surface area (Å²) in [5, 5.41) is 5.14. The molecule has 4 heterocycles. The molecule has 0 radical (unpaired) electrons. The van der Waals surface area contributed by atoms with E-state index in [9.17, 15) is 0 Å². The molecule has 0 N–H and O–H groups in total. The molecule has 1 saturated heterocycles. The largest absolute Gasteiger partial charge is 0.456 e. The molecule has 1 aliphatic carbocycles. The molecule has 2 aliphatic rings. The monoisotopic (exact) mass is 660 g/mol. The maximum Gasteiger partial charge on any atom is 0.168 e. The van der Waals surface area contributed by atoms with Crippen LogP contribution in [0.4, 0.5) is 0 Å². The number of nitrogens with zero attached hydrogens (tertiary/aromatic N) is 6. The molecule has 0 bridgehead atoms. The molecule has 12 heteroatoms. The zero-order valence-electron chi connectivity index (χ0n) is 27.2. The first kappa shape index (κ1) is 31.3. The van der Waals surface area contributed by atoms with E-state index >= 15 is 0 Å². The molecule has 1 aliphatic heterocycles. The maximum atomic E-state index is 6.93. The van der Waals surface area contributed by atoms with E-state index < -0.39 is 13.9 Å². The Hall–Kier alpha value is -3.35. The molecule has 5 aromatic rings. The highest BCUT2D eigenvalue weighted by molar-refractivity contribution is 6.76. The Bertz CT molecular complexity index is 1880. The molecule has 2 fully saturated rings. The number of rotatable bonds is 9. The number of ether oxygens (including phenoxy) is 4. The summed E-state index contributed by atoms with van der Waals surface area (Å²) in [4.78, 5) is 14.3. The zero-order valence-corrected chi connectivity index (χ0v) is 28.9. The van der Waals surface area contributed by atoms with Gasteiger partial charge in [0.25, 0.3) is 0 Å². The lowest BCUT2D eigenvalue weighted by atomic mass is 9.80. The van der Waals surface area contributed by atoms with Gasteiger partial charge in [0.2, 0.25) is 0 Å². The van der Waals surface area contributed by atoms with Crippen molar-refractivity contribution in [2.45, 2.75) is 83.3 Å². The third kappa shape index (κ3) is 6.18. The standard InChI is InChI=1S/C34H41ClN6O4Si/c1-23-38-26-7-6-25(18-29(26)40(23)22-42-16-17-46(3,4)5)45-30-9-8-27-32(31(30)35)39-28(20-36-27)24-19-37-41(21-24)33(2)10-12-34(13-11-33)43-14-15-44-34/h6-9,18-21H,10-17,22H2,1-5H3. The van der Waals surface area contributed by atoms with Crippen LogP contribution in [0.25, 0.3) is 33.3 Å². The molecule has 0 atom stereocenters. The van der Waals surface area contributed by atoms with Gasteiger partial charge in [-0.3, -0.25) is 9.67 Å². The number of imidazole rings is 1. The summed E-state index contributed by atoms with van der Waals surface area (Å²) in [6, 6.07) is 10.7. The molecule has 0 amide bonds. The fraction of sp³-hybridized carbons (Fsp3) is 0.471. The van der Waals surface area contributed by atoms with Crippen LogP contribution >= 0.6 is 11.6 Å². The van der Waals surface area contributed by atoms with E-state index in [4.69, 9.17) is 45.6 Å². The van der Waals surface area contributed by atoms with E-state index in [0.29, 0.717) is 53.2 Å². The van der Waals surface area contributed by atoms with Crippen molar-refractivity contribution in [3.05, 3.63) is 59.8 Å². The van der Waals surface area contributed by atoms with Crippen LogP contribution < -0.4 is 4.74 Å². The Morgan fingerprint density at radius 3 is 2.50 bits per heavy atom. The van der Waals surface area contributed by atoms with Crippen molar-refractivity contribution >= 4 is 41.7 Å². The number of aromatic nitrogens is 6. The summed E-state index contributed by atoms with van der Waals surface area (Å²) < 4.78 is 28.4. The van der Waals surface area contributed by atoms with Gasteiger partial charge in [-0.1, -0.05) is 31.2 Å². The van der Waals surface area contributed by atoms with Crippen LogP contribution in [0.15, 0.2) is 48.9 Å². The Kier molecular flexibility index (Phi) is 8.17. The fourth-order valence-electron chi connectivity index (χ4n) is 6.29. The molecule has 3 aromatic heterocycles. The van der Waals surface area contributed by atoms with E-state index in [2.05, 4.69) is 40.8 Å². The van der Waals surface area contributed by atoms with Crippen molar-refractivity contribution in [2.75, 3.05) is 19.8 Å². The molecule has 1 spiro atoms. The first-order valence-electron chi connectivity index (χ1n) is 16.0. The molecule has 0 unspecified atom stereocenters. The van der Waals surface area contributed by atoms with E-state index in [1.807, 2.05) is 49.6 Å². The lowest BCUT2D eigenvalue weighted by Crippen LogP contribution is -2.43. The van der Waals surface area contributed by atoms with Gasteiger partial charge >= 0.3 is 0 Å². The second-order valence-electron chi connectivity index (χ2n) is 14.0. The lowest BCUT2D eigenvalue weighted by molar-refractivity contribution is -0.189. The zero-order chi connectivity index (χ0) is 32.1. The number of aryl methyl sites for hydroxylation is 1. The van der Waals surface area contributed by atoms with E-state index in [1.54, 1.807) is 6.20 Å². The van der Waals surface area contributed by atoms with Crippen molar-refractivity contribution < 1.29 is 18.9 Å². The minimum atomic E-state index is -1.17. The average Bonchev–Trinajstić information content (AvgIpc) is 3.78. The Morgan fingerprint density at radius 2 is 1.74 bits per heavy atom. The molecular formula is C34H41ClN6O4Si. The van der Waals surface area contributed by atoms with Crippen molar-refractivity contribution in [1.29, 1.82) is 0 Å². The van der Waals surface area contributed by atoms with Gasteiger partial charge in [0.05, 0.1) is 53.4 Å². The van der Waals surface area contributed by atoms with Crippen LogP contribution in [-0.2, 0) is 26.5 Å². The quantitative estimate of drug-likeness (QED) is 0.116. The Balaban J connectivity index is 1.10. The van der Waals surface area contributed by atoms with Crippen LogP contribution in [-0.4, -0.2) is 63.0 Å². The topological polar surface area (TPSA) is 98.3 Å². The molecule has 7 rings (SSSR count). The molecule has 46 heavy (non-hydrogen) atoms. The highest BCUT2D eigenvalue weighted by atomic mass is 35.5. The van der Waals surface area contributed by atoms with E-state index in [0.717, 1.165) is 60.8 Å². The van der Waals surface area contributed by atoms with Gasteiger partial charge in [0.1, 0.15) is 34.6 Å². The molecule has 1 saturated carbocycles. The minimum absolute atomic E-state index is 0.128. The highest BCUT2D eigenvalue weighted by Crippen LogP contribution is 2.44. The summed E-state index contributed by atoms with van der Waals surface area (Å²) in [7, 11) is -1.17. The average molecular weight is 661 g/mol. The normalized spacial score (nSPS) is 17.8. The molecule has 242 valence electrons. The van der Waals surface area contributed by atoms with Gasteiger partial charge in [-0.2, -0.15) is 5.10 Å². The lowest BCUT2D eigenvalue weighted by Gasteiger charge is -2.41. The Labute approximate surface area is 275 Å². The summed E-state index contributed by atoms with van der Waals surface area (Å²) >= 11 is 6.93. The van der Waals surface area contributed by atoms with Gasteiger partial charge < -0.3 is 23.5 Å². The van der Waals surface area contributed by atoms with Crippen molar-refractivity contribution in [2.24, 2.45) is 0 Å². The van der Waals surface area contributed by atoms with Crippen LogP contribution in [0, 0.1) is 6.92 Å². The number of halogens is 1. The van der Waals surface area contributed by atoms with Crippen LogP contribution in [0.2, 0.25) is 30.7 Å². The number of benzene rings is 2. The molecule has 2 aromatic carbocycles. The van der Waals surface area contributed by atoms with E-state index in [-0.39, 0.29) is 5.54 Å². The first-order valence-corrected chi connectivity index (χ1v) is 20.1. The Morgan fingerprint density at radius 1 is 0.978 bits per heavy atom. The molecular weight excluding hydrogens is 620 g/mol. The number of hydrogen-bond donors (Lipinski definition) is 0. The predicted octanol–water partition coefficient (Wildman–Crippen LogP) is 7.94. The third-order valence-corrected chi connectivity index (χ3v) is 11.4. The minimum Gasteiger partial charge on any atom is -0.456 e. The second kappa shape index (κ2) is 12.0. The maximum absolute atomic E-state index is 6.93. The van der Waals surface area contributed by atoms with Gasteiger partial charge in [-0.25, -0.2) is 9.97 Å². The van der Waals surface area contributed by atoms with E-state index in [1.165, 1.54) is 0 Å². The van der Waals surface area contributed by atoms with Gasteiger partial charge in [-0.05, 0) is 57.0 Å². The van der Waals surface area contributed by atoms with Crippen molar-refractivity contribution in [3.8, 4) is 22.8 Å². The van der Waals surface area contributed by atoms with Crippen LogP contribution in [0.3, 0.4) is 0 Å². The van der Waals surface area contributed by atoms with Crippen molar-refractivity contribution in [1.82, 2.24) is 29.3 Å². The van der Waals surface area contributed by atoms with Gasteiger partial charge in [0, 0.05) is 45.3 Å². The first-order chi connectivity index (χ1) is 22.0. The van der Waals surface area contributed by atoms with Crippen LogP contribution in [0.1, 0.15) is 38.4 Å².